The fourth-order valence-corrected chi connectivity index (χ4v) is 3.82. The zero-order chi connectivity index (χ0) is 26.2. The summed E-state index contributed by atoms with van der Waals surface area (Å²) in [5.41, 5.74) is 2.95. The number of hydrogen-bond donors (Lipinski definition) is 3. The van der Waals surface area contributed by atoms with E-state index in [0.717, 1.165) is 11.0 Å². The molecule has 37 heavy (non-hydrogen) atoms. The first-order valence-corrected chi connectivity index (χ1v) is 11.5. The van der Waals surface area contributed by atoms with Crippen LogP contribution in [0.15, 0.2) is 67.3 Å². The van der Waals surface area contributed by atoms with Gasteiger partial charge < -0.3 is 15.7 Å². The van der Waals surface area contributed by atoms with Crippen molar-refractivity contribution in [3.05, 3.63) is 78.4 Å². The van der Waals surface area contributed by atoms with Crippen LogP contribution >= 0.6 is 0 Å². The molecule has 5 aromatic rings. The van der Waals surface area contributed by atoms with E-state index in [2.05, 4.69) is 31.9 Å². The molecule has 1 amide bonds. The van der Waals surface area contributed by atoms with E-state index < -0.39 is 17.7 Å². The predicted molar refractivity (Wildman–Crippen MR) is 135 cm³/mol. The average molecular weight is 499 g/mol. The normalized spacial score (nSPS) is 12.4. The lowest BCUT2D eigenvalue weighted by Crippen LogP contribution is -2.42. The highest BCUT2D eigenvalue weighted by molar-refractivity contribution is 6.00. The summed E-state index contributed by atoms with van der Waals surface area (Å²) in [4.78, 5) is 17.5. The van der Waals surface area contributed by atoms with Crippen molar-refractivity contribution in [3.8, 4) is 17.5 Å². The van der Waals surface area contributed by atoms with Crippen LogP contribution in [-0.2, 0) is 0 Å². The molecule has 0 unspecified atom stereocenters. The number of pyridine rings is 2. The van der Waals surface area contributed by atoms with Crippen LogP contribution in [0.5, 0.6) is 0 Å². The van der Waals surface area contributed by atoms with Crippen LogP contribution in [0.25, 0.3) is 22.4 Å². The molecule has 0 aliphatic heterocycles. The summed E-state index contributed by atoms with van der Waals surface area (Å²) in [6.45, 7) is 2.32. The minimum atomic E-state index is -1.65. The van der Waals surface area contributed by atoms with Crippen molar-refractivity contribution in [1.82, 2.24) is 29.5 Å². The van der Waals surface area contributed by atoms with Gasteiger partial charge in [0, 0.05) is 24.3 Å². The van der Waals surface area contributed by atoms with Gasteiger partial charge in [0.15, 0.2) is 0 Å². The van der Waals surface area contributed by atoms with Gasteiger partial charge in [-0.3, -0.25) is 9.78 Å². The minimum absolute atomic E-state index is 0.195. The Morgan fingerprint density at radius 2 is 2.00 bits per heavy atom. The van der Waals surface area contributed by atoms with Crippen LogP contribution in [0.1, 0.15) is 29.8 Å². The molecule has 0 aliphatic rings. The maximum atomic E-state index is 14.3. The van der Waals surface area contributed by atoms with E-state index in [4.69, 9.17) is 5.26 Å². The second-order valence-corrected chi connectivity index (χ2v) is 9.10. The summed E-state index contributed by atoms with van der Waals surface area (Å²) in [5, 5.41) is 33.4. The number of rotatable bonds is 7. The molecule has 0 radical (unpaired) electrons. The Hall–Kier alpha value is -4.82. The van der Waals surface area contributed by atoms with Crippen LogP contribution in [0.4, 0.5) is 15.8 Å². The summed E-state index contributed by atoms with van der Waals surface area (Å²) in [6, 6.07) is 14.7. The largest absolute Gasteiger partial charge is 0.387 e. The van der Waals surface area contributed by atoms with Crippen LogP contribution in [0, 0.1) is 11.3 Å². The van der Waals surface area contributed by atoms with Crippen LogP contribution in [-0.4, -0.2) is 53.5 Å². The molecule has 11 heteroatoms. The van der Waals surface area contributed by atoms with Crippen molar-refractivity contribution in [2.75, 3.05) is 11.9 Å². The average Bonchev–Trinajstić information content (AvgIpc) is 3.52. The molecule has 186 valence electrons. The van der Waals surface area contributed by atoms with Crippen molar-refractivity contribution in [2.24, 2.45) is 0 Å². The van der Waals surface area contributed by atoms with Crippen molar-refractivity contribution in [2.45, 2.75) is 25.6 Å². The summed E-state index contributed by atoms with van der Waals surface area (Å²) in [7, 11) is 0. The number of anilines is 2. The second-order valence-electron chi connectivity index (χ2n) is 9.10. The Morgan fingerprint density at radius 3 is 2.78 bits per heavy atom. The van der Waals surface area contributed by atoms with E-state index >= 15 is 0 Å². The fraction of sp³-hybridized carbons (Fsp3) is 0.192. The number of halogens is 1. The molecule has 0 saturated carbocycles. The van der Waals surface area contributed by atoms with E-state index in [9.17, 15) is 14.3 Å². The van der Waals surface area contributed by atoms with Crippen molar-refractivity contribution in [1.29, 1.82) is 5.26 Å². The second kappa shape index (κ2) is 9.33. The van der Waals surface area contributed by atoms with Gasteiger partial charge in [-0.25, -0.2) is 13.4 Å². The first-order valence-electron chi connectivity index (χ1n) is 11.5. The molecule has 0 bridgehead atoms. The monoisotopic (exact) mass is 498 g/mol. The topological polar surface area (TPSA) is 133 Å². The Bertz CT molecular complexity index is 1660. The molecule has 10 nitrogen and oxygen atoms in total. The Labute approximate surface area is 211 Å². The number of nitriles is 1. The third-order valence-corrected chi connectivity index (χ3v) is 5.93. The van der Waals surface area contributed by atoms with E-state index in [0.29, 0.717) is 28.3 Å². The Morgan fingerprint density at radius 1 is 1.16 bits per heavy atom. The van der Waals surface area contributed by atoms with Crippen molar-refractivity contribution in [3.63, 3.8) is 0 Å². The van der Waals surface area contributed by atoms with E-state index in [1.807, 2.05) is 30.3 Å². The lowest BCUT2D eigenvalue weighted by atomic mass is 10.0. The van der Waals surface area contributed by atoms with Gasteiger partial charge in [0.2, 0.25) is 0 Å². The van der Waals surface area contributed by atoms with Crippen molar-refractivity contribution < 1.29 is 14.3 Å². The molecule has 1 atom stereocenters. The molecule has 3 N–H and O–H groups in total. The quantitative estimate of drug-likeness (QED) is 0.313. The van der Waals surface area contributed by atoms with Crippen LogP contribution in [0.2, 0.25) is 0 Å². The fourth-order valence-electron chi connectivity index (χ4n) is 3.82. The molecular weight excluding hydrogens is 475 g/mol. The zero-order valence-corrected chi connectivity index (χ0v) is 20.1. The Kier molecular flexibility index (Phi) is 6.02. The Balaban J connectivity index is 1.52. The lowest BCUT2D eigenvalue weighted by molar-refractivity contribution is -0.00177. The number of nitrogens with one attached hydrogen (secondary N) is 2. The predicted octanol–water partition coefficient (Wildman–Crippen LogP) is 3.50. The number of hydrogen-bond acceptors (Lipinski definition) is 7. The first-order chi connectivity index (χ1) is 17.7. The highest BCUT2D eigenvalue weighted by Crippen LogP contribution is 2.28. The number of carbonyl (C=O) groups is 1. The molecular formula is C26H23FN8O2. The molecule has 5 rings (SSSR count). The molecule has 0 fully saturated rings. The third-order valence-electron chi connectivity index (χ3n) is 5.93. The molecule has 5 aromatic heterocycles. The molecule has 5 heterocycles. The van der Waals surface area contributed by atoms with Crippen LogP contribution < -0.4 is 10.6 Å². The number of fused-ring (bicyclic) bond motifs is 2. The maximum absolute atomic E-state index is 14.3. The smallest absolute Gasteiger partial charge is 0.255 e. The van der Waals surface area contributed by atoms with Gasteiger partial charge in [-0.15, -0.1) is 0 Å². The lowest BCUT2D eigenvalue weighted by Gasteiger charge is -2.22. The van der Waals surface area contributed by atoms with Gasteiger partial charge in [0.1, 0.15) is 12.2 Å². The minimum Gasteiger partial charge on any atom is -0.387 e. The summed E-state index contributed by atoms with van der Waals surface area (Å²) < 4.78 is 17.6. The molecule has 0 aromatic carbocycles. The van der Waals surface area contributed by atoms with Gasteiger partial charge in [-0.1, -0.05) is 0 Å². The number of aromatic nitrogens is 5. The van der Waals surface area contributed by atoms with E-state index in [1.54, 1.807) is 33.6 Å². The number of carbonyl (C=O) groups excluding carboxylic acids is 1. The summed E-state index contributed by atoms with van der Waals surface area (Å²) in [5.74, 6) is -0.546. The van der Waals surface area contributed by atoms with Crippen LogP contribution in [0.3, 0.4) is 0 Å². The van der Waals surface area contributed by atoms with Gasteiger partial charge in [-0.2, -0.15) is 15.5 Å². The van der Waals surface area contributed by atoms with Gasteiger partial charge in [0.05, 0.1) is 57.6 Å². The van der Waals surface area contributed by atoms with Gasteiger partial charge >= 0.3 is 0 Å². The summed E-state index contributed by atoms with van der Waals surface area (Å²) in [6.07, 6.45) is 4.69. The van der Waals surface area contributed by atoms with Gasteiger partial charge in [-0.05, 0) is 56.3 Å². The van der Waals surface area contributed by atoms with E-state index in [-0.39, 0.29) is 12.1 Å². The highest BCUT2D eigenvalue weighted by atomic mass is 19.1. The zero-order valence-electron chi connectivity index (χ0n) is 20.1. The van der Waals surface area contributed by atoms with Crippen molar-refractivity contribution >= 4 is 28.3 Å². The highest BCUT2D eigenvalue weighted by Gasteiger charge is 2.27. The number of amides is 1. The SMILES string of the molecule is CC(C)(O)[C@H](F)CNC(=O)c1cnc(-c2ccc3cc(C#N)cnn23)cc1Nc1ccn2nccc2c1. The number of aliphatic hydroxyl groups is 1. The molecule has 0 saturated heterocycles. The molecule has 0 spiro atoms. The standard InChI is InChI=1S/C26H23FN8O2/c1-26(2,37)24(27)15-30-25(36)20-14-29-22(23-4-3-19-9-16(12-28)13-32-35(19)23)11-21(20)33-17-6-8-34-18(10-17)5-7-31-34/h3-11,13-14,24,37H,15H2,1-2H3,(H,29,33)(H,30,36)/t24-/m1/s1. The number of alkyl halides is 1. The third kappa shape index (κ3) is 4.82. The van der Waals surface area contributed by atoms with Gasteiger partial charge in [0.25, 0.3) is 5.91 Å². The number of nitrogens with zero attached hydrogens (tertiary/aromatic N) is 6. The van der Waals surface area contributed by atoms with E-state index in [1.165, 1.54) is 26.2 Å². The summed E-state index contributed by atoms with van der Waals surface area (Å²) >= 11 is 0. The maximum Gasteiger partial charge on any atom is 0.255 e. The first kappa shape index (κ1) is 23.9. The molecule has 0 aliphatic carbocycles.